The maximum Gasteiger partial charge on any atom is 0.255 e. The Hall–Kier alpha value is -2.37. The summed E-state index contributed by atoms with van der Waals surface area (Å²) in [5, 5.41) is 2.92. The Labute approximate surface area is 126 Å². The van der Waals surface area contributed by atoms with Gasteiger partial charge in [0.15, 0.2) is 0 Å². The molecular formula is C15H14ClN3O2. The van der Waals surface area contributed by atoms with Crippen LogP contribution in [0.4, 0.5) is 5.69 Å². The highest BCUT2D eigenvalue weighted by molar-refractivity contribution is 6.34. The third-order valence-electron chi connectivity index (χ3n) is 2.94. The molecule has 108 valence electrons. The molecule has 0 spiro atoms. The number of nitrogens with two attached hydrogens (primary N) is 2. The molecule has 2 rings (SSSR count). The predicted octanol–water partition coefficient (Wildman–Crippen LogP) is 2.15. The van der Waals surface area contributed by atoms with Crippen LogP contribution < -0.4 is 16.8 Å². The third kappa shape index (κ3) is 3.59. The summed E-state index contributed by atoms with van der Waals surface area (Å²) in [5.74, 6) is -0.945. The molecule has 2 aromatic carbocycles. The van der Waals surface area contributed by atoms with Crippen LogP contribution in [0.5, 0.6) is 0 Å². The van der Waals surface area contributed by atoms with Crippen LogP contribution in [-0.2, 0) is 6.54 Å². The average molecular weight is 304 g/mol. The van der Waals surface area contributed by atoms with Crippen molar-refractivity contribution in [2.45, 2.75) is 6.54 Å². The van der Waals surface area contributed by atoms with E-state index in [1.807, 2.05) is 0 Å². The zero-order chi connectivity index (χ0) is 15.4. The molecule has 0 radical (unpaired) electrons. The van der Waals surface area contributed by atoms with Gasteiger partial charge in [0.05, 0.1) is 10.6 Å². The number of amides is 2. The maximum atomic E-state index is 12.1. The molecule has 0 heterocycles. The Bertz CT molecular complexity index is 684. The van der Waals surface area contributed by atoms with Crippen molar-refractivity contribution in [1.29, 1.82) is 0 Å². The smallest absolute Gasteiger partial charge is 0.255 e. The highest BCUT2D eigenvalue weighted by Gasteiger charge is 2.10. The lowest BCUT2D eigenvalue weighted by atomic mass is 10.1. The SMILES string of the molecule is NCc1ccc(C(=O)Nc2ccc(Cl)c(C(N)=O)c2)cc1. The molecular weight excluding hydrogens is 290 g/mol. The summed E-state index contributed by atoms with van der Waals surface area (Å²) in [4.78, 5) is 23.3. The van der Waals surface area contributed by atoms with Crippen LogP contribution in [0.15, 0.2) is 42.5 Å². The molecule has 0 atom stereocenters. The summed E-state index contributed by atoms with van der Waals surface area (Å²) in [6, 6.07) is 11.5. The van der Waals surface area contributed by atoms with E-state index in [1.165, 1.54) is 12.1 Å². The Kier molecular flexibility index (Phi) is 4.57. The molecule has 2 amide bonds. The van der Waals surface area contributed by atoms with Gasteiger partial charge in [0, 0.05) is 17.8 Å². The number of halogens is 1. The number of carbonyl (C=O) groups is 2. The molecule has 5 nitrogen and oxygen atoms in total. The van der Waals surface area contributed by atoms with Crippen LogP contribution in [0.25, 0.3) is 0 Å². The van der Waals surface area contributed by atoms with Crippen LogP contribution in [-0.4, -0.2) is 11.8 Å². The van der Waals surface area contributed by atoms with E-state index in [9.17, 15) is 9.59 Å². The fourth-order valence-electron chi connectivity index (χ4n) is 1.79. The third-order valence-corrected chi connectivity index (χ3v) is 3.27. The predicted molar refractivity (Wildman–Crippen MR) is 82.3 cm³/mol. The van der Waals surface area contributed by atoms with E-state index in [-0.39, 0.29) is 16.5 Å². The molecule has 6 heteroatoms. The van der Waals surface area contributed by atoms with Crippen molar-refractivity contribution in [3.63, 3.8) is 0 Å². The Morgan fingerprint density at radius 1 is 1.10 bits per heavy atom. The Morgan fingerprint density at radius 2 is 1.76 bits per heavy atom. The summed E-state index contributed by atoms with van der Waals surface area (Å²) >= 11 is 5.85. The topological polar surface area (TPSA) is 98.2 Å². The molecule has 0 saturated carbocycles. The van der Waals surface area contributed by atoms with Gasteiger partial charge >= 0.3 is 0 Å². The quantitative estimate of drug-likeness (QED) is 0.807. The van der Waals surface area contributed by atoms with Gasteiger partial charge in [-0.15, -0.1) is 0 Å². The summed E-state index contributed by atoms with van der Waals surface area (Å²) < 4.78 is 0. The normalized spacial score (nSPS) is 10.2. The minimum Gasteiger partial charge on any atom is -0.366 e. The van der Waals surface area contributed by atoms with Crippen LogP contribution in [0.1, 0.15) is 26.3 Å². The molecule has 0 bridgehead atoms. The number of anilines is 1. The number of nitrogens with one attached hydrogen (secondary N) is 1. The first-order chi connectivity index (χ1) is 10.0. The molecule has 21 heavy (non-hydrogen) atoms. The van der Waals surface area contributed by atoms with Crippen molar-refractivity contribution >= 4 is 29.1 Å². The summed E-state index contributed by atoms with van der Waals surface area (Å²) in [6.07, 6.45) is 0. The fraction of sp³-hybridized carbons (Fsp3) is 0.0667. The minimum absolute atomic E-state index is 0.160. The van der Waals surface area contributed by atoms with Crippen molar-refractivity contribution in [2.75, 3.05) is 5.32 Å². The highest BCUT2D eigenvalue weighted by atomic mass is 35.5. The number of primary amides is 1. The molecule has 5 N–H and O–H groups in total. The van der Waals surface area contributed by atoms with Gasteiger partial charge in [-0.25, -0.2) is 0 Å². The van der Waals surface area contributed by atoms with Gasteiger partial charge in [-0.3, -0.25) is 9.59 Å². The number of hydrogen-bond donors (Lipinski definition) is 3. The number of hydrogen-bond acceptors (Lipinski definition) is 3. The van der Waals surface area contributed by atoms with Gasteiger partial charge in [0.1, 0.15) is 0 Å². The molecule has 0 aromatic heterocycles. The molecule has 2 aromatic rings. The second-order valence-electron chi connectivity index (χ2n) is 4.41. The first kappa shape index (κ1) is 15.0. The van der Waals surface area contributed by atoms with E-state index < -0.39 is 5.91 Å². The van der Waals surface area contributed by atoms with Gasteiger partial charge in [-0.2, -0.15) is 0 Å². The van der Waals surface area contributed by atoms with E-state index in [2.05, 4.69) is 5.32 Å². The van der Waals surface area contributed by atoms with Gasteiger partial charge in [0.2, 0.25) is 5.91 Å². The molecule has 0 aliphatic rings. The zero-order valence-corrected chi connectivity index (χ0v) is 11.9. The van der Waals surface area contributed by atoms with Crippen molar-refractivity contribution in [1.82, 2.24) is 0 Å². The van der Waals surface area contributed by atoms with Gasteiger partial charge in [-0.1, -0.05) is 23.7 Å². The summed E-state index contributed by atoms with van der Waals surface area (Å²) in [5.41, 5.74) is 12.7. The number of benzene rings is 2. The average Bonchev–Trinajstić information content (AvgIpc) is 2.49. The van der Waals surface area contributed by atoms with E-state index in [0.717, 1.165) is 5.56 Å². The molecule has 0 aliphatic heterocycles. The lowest BCUT2D eigenvalue weighted by molar-refractivity contribution is 0.0996. The van der Waals surface area contributed by atoms with Crippen LogP contribution >= 0.6 is 11.6 Å². The maximum absolute atomic E-state index is 12.1. The fourth-order valence-corrected chi connectivity index (χ4v) is 2.00. The van der Waals surface area contributed by atoms with E-state index in [1.54, 1.807) is 30.3 Å². The Morgan fingerprint density at radius 3 is 2.33 bits per heavy atom. The van der Waals surface area contributed by atoms with Crippen molar-refractivity contribution < 1.29 is 9.59 Å². The van der Waals surface area contributed by atoms with Crippen LogP contribution in [0.2, 0.25) is 5.02 Å². The largest absolute Gasteiger partial charge is 0.366 e. The second-order valence-corrected chi connectivity index (χ2v) is 4.82. The molecule has 0 aliphatic carbocycles. The monoisotopic (exact) mass is 303 g/mol. The van der Waals surface area contributed by atoms with Crippen LogP contribution in [0.3, 0.4) is 0 Å². The standard InChI is InChI=1S/C15H14ClN3O2/c16-13-6-5-11(7-12(13)14(18)20)19-15(21)10-3-1-9(8-17)2-4-10/h1-7H,8,17H2,(H2,18,20)(H,19,21). The summed E-state index contributed by atoms with van der Waals surface area (Å²) in [7, 11) is 0. The first-order valence-electron chi connectivity index (χ1n) is 6.21. The minimum atomic E-state index is -0.650. The number of carbonyl (C=O) groups excluding carboxylic acids is 2. The molecule has 0 unspecified atom stereocenters. The van der Waals surface area contributed by atoms with Crippen LogP contribution in [0, 0.1) is 0 Å². The number of rotatable bonds is 4. The van der Waals surface area contributed by atoms with Crippen molar-refractivity contribution in [3.05, 3.63) is 64.2 Å². The zero-order valence-electron chi connectivity index (χ0n) is 11.1. The summed E-state index contributed by atoms with van der Waals surface area (Å²) in [6.45, 7) is 0.418. The molecule has 0 fully saturated rings. The van der Waals surface area contributed by atoms with Crippen molar-refractivity contribution in [3.8, 4) is 0 Å². The molecule has 0 saturated heterocycles. The van der Waals surface area contributed by atoms with Gasteiger partial charge in [-0.05, 0) is 35.9 Å². The van der Waals surface area contributed by atoms with Gasteiger partial charge < -0.3 is 16.8 Å². The lowest BCUT2D eigenvalue weighted by Gasteiger charge is -2.08. The van der Waals surface area contributed by atoms with Gasteiger partial charge in [0.25, 0.3) is 5.91 Å². The lowest BCUT2D eigenvalue weighted by Crippen LogP contribution is -2.15. The van der Waals surface area contributed by atoms with E-state index in [0.29, 0.717) is 17.8 Å². The second kappa shape index (κ2) is 6.39. The highest BCUT2D eigenvalue weighted by Crippen LogP contribution is 2.20. The Balaban J connectivity index is 2.19. The first-order valence-corrected chi connectivity index (χ1v) is 6.59. The van der Waals surface area contributed by atoms with E-state index in [4.69, 9.17) is 23.1 Å². The van der Waals surface area contributed by atoms with Crippen molar-refractivity contribution in [2.24, 2.45) is 11.5 Å². The van der Waals surface area contributed by atoms with E-state index >= 15 is 0 Å².